The third kappa shape index (κ3) is 3.25. The summed E-state index contributed by atoms with van der Waals surface area (Å²) in [6.45, 7) is 1.92. The van der Waals surface area contributed by atoms with E-state index in [1.165, 1.54) is 0 Å². The lowest BCUT2D eigenvalue weighted by molar-refractivity contribution is 0.472. The summed E-state index contributed by atoms with van der Waals surface area (Å²) in [6.07, 6.45) is 0. The molecule has 0 aliphatic heterocycles. The van der Waals surface area contributed by atoms with Crippen LogP contribution in [0, 0.1) is 0 Å². The van der Waals surface area contributed by atoms with E-state index in [1.54, 1.807) is 6.07 Å². The molecule has 2 aromatic rings. The Hall–Kier alpha value is -1.03. The van der Waals surface area contributed by atoms with Crippen molar-refractivity contribution in [2.75, 3.05) is 0 Å². The van der Waals surface area contributed by atoms with Gasteiger partial charge in [-0.3, -0.25) is 0 Å². The molecule has 1 unspecified atom stereocenters. The van der Waals surface area contributed by atoms with Crippen molar-refractivity contribution in [3.05, 3.63) is 57.5 Å². The number of hydrogen-bond donors (Lipinski definition) is 1. The van der Waals surface area contributed by atoms with E-state index >= 15 is 0 Å². The first-order valence-electron chi connectivity index (χ1n) is 5.54. The molecule has 0 radical (unpaired) electrons. The number of ether oxygens (including phenoxy) is 1. The minimum Gasteiger partial charge on any atom is -0.457 e. The lowest BCUT2D eigenvalue weighted by atomic mass is 10.1. The number of rotatable bonds is 3. The second-order valence-corrected chi connectivity index (χ2v) is 5.38. The molecule has 1 atom stereocenters. The summed E-state index contributed by atoms with van der Waals surface area (Å²) in [7, 11) is 0. The van der Waals surface area contributed by atoms with Crippen LogP contribution < -0.4 is 10.5 Å². The van der Waals surface area contributed by atoms with Crippen LogP contribution in [0.15, 0.2) is 46.9 Å². The van der Waals surface area contributed by atoms with Gasteiger partial charge in [0.05, 0.1) is 0 Å². The highest BCUT2D eigenvalue weighted by atomic mass is 79.9. The van der Waals surface area contributed by atoms with Gasteiger partial charge >= 0.3 is 0 Å². The molecule has 0 heterocycles. The van der Waals surface area contributed by atoms with Gasteiger partial charge in [0.2, 0.25) is 0 Å². The minimum absolute atomic E-state index is 0.0905. The van der Waals surface area contributed by atoms with Crippen LogP contribution in [0.3, 0.4) is 0 Å². The molecule has 18 heavy (non-hydrogen) atoms. The van der Waals surface area contributed by atoms with Crippen molar-refractivity contribution in [1.29, 1.82) is 0 Å². The van der Waals surface area contributed by atoms with Gasteiger partial charge in [-0.15, -0.1) is 0 Å². The molecule has 0 aliphatic rings. The fourth-order valence-corrected chi connectivity index (χ4v) is 2.15. The molecule has 2 aromatic carbocycles. The summed E-state index contributed by atoms with van der Waals surface area (Å²) < 4.78 is 6.79. The fraction of sp³-hybridized carbons (Fsp3) is 0.143. The predicted octanol–water partition coefficient (Wildman–Crippen LogP) is 4.91. The molecule has 0 bridgehead atoms. The van der Waals surface area contributed by atoms with Crippen molar-refractivity contribution in [1.82, 2.24) is 0 Å². The Balaban J connectivity index is 2.36. The zero-order chi connectivity index (χ0) is 13.1. The Morgan fingerprint density at radius 1 is 1.22 bits per heavy atom. The molecule has 2 rings (SSSR count). The summed E-state index contributed by atoms with van der Waals surface area (Å²) >= 11 is 9.36. The predicted molar refractivity (Wildman–Crippen MR) is 78.3 cm³/mol. The maximum absolute atomic E-state index is 5.93. The summed E-state index contributed by atoms with van der Waals surface area (Å²) in [4.78, 5) is 0. The standard InChI is InChI=1S/C14H13BrClNO/c1-9(17)13-6-5-10(15)7-14(13)18-12-4-2-3-11(16)8-12/h2-9H,17H2,1H3. The van der Waals surface area contributed by atoms with E-state index in [9.17, 15) is 0 Å². The SMILES string of the molecule is CC(N)c1ccc(Br)cc1Oc1cccc(Cl)c1. The minimum atomic E-state index is -0.0905. The zero-order valence-electron chi connectivity index (χ0n) is 9.86. The van der Waals surface area contributed by atoms with E-state index in [0.29, 0.717) is 10.8 Å². The summed E-state index contributed by atoms with van der Waals surface area (Å²) in [5, 5.41) is 0.643. The maximum atomic E-state index is 5.93. The molecule has 2 N–H and O–H groups in total. The first kappa shape index (κ1) is 13.4. The zero-order valence-corrected chi connectivity index (χ0v) is 12.2. The largest absolute Gasteiger partial charge is 0.457 e. The smallest absolute Gasteiger partial charge is 0.133 e. The average molecular weight is 327 g/mol. The van der Waals surface area contributed by atoms with Crippen molar-refractivity contribution in [2.45, 2.75) is 13.0 Å². The average Bonchev–Trinajstić information content (AvgIpc) is 2.28. The van der Waals surface area contributed by atoms with Crippen molar-refractivity contribution < 1.29 is 4.74 Å². The molecule has 0 aromatic heterocycles. The van der Waals surface area contributed by atoms with E-state index in [0.717, 1.165) is 15.8 Å². The molecule has 0 aliphatic carbocycles. The van der Waals surface area contributed by atoms with Gasteiger partial charge in [-0.25, -0.2) is 0 Å². The summed E-state index contributed by atoms with van der Waals surface area (Å²) in [5.41, 5.74) is 6.88. The highest BCUT2D eigenvalue weighted by Gasteiger charge is 2.09. The van der Waals surface area contributed by atoms with Gasteiger partial charge in [0.1, 0.15) is 11.5 Å². The highest BCUT2D eigenvalue weighted by Crippen LogP contribution is 2.32. The quantitative estimate of drug-likeness (QED) is 0.869. The maximum Gasteiger partial charge on any atom is 0.133 e. The first-order chi connectivity index (χ1) is 8.56. The van der Waals surface area contributed by atoms with E-state index in [1.807, 2.05) is 43.3 Å². The molecule has 2 nitrogen and oxygen atoms in total. The van der Waals surface area contributed by atoms with Crippen molar-refractivity contribution in [3.8, 4) is 11.5 Å². The van der Waals surface area contributed by atoms with Crippen LogP contribution >= 0.6 is 27.5 Å². The van der Waals surface area contributed by atoms with Crippen LogP contribution in [0.5, 0.6) is 11.5 Å². The Morgan fingerprint density at radius 2 is 2.00 bits per heavy atom. The number of benzene rings is 2. The van der Waals surface area contributed by atoms with Crippen LogP contribution in [0.2, 0.25) is 5.02 Å². The van der Waals surface area contributed by atoms with Gasteiger partial charge < -0.3 is 10.5 Å². The van der Waals surface area contributed by atoms with Gasteiger partial charge in [0.15, 0.2) is 0 Å². The lowest BCUT2D eigenvalue weighted by Crippen LogP contribution is -2.06. The number of nitrogens with two attached hydrogens (primary N) is 1. The van der Waals surface area contributed by atoms with Crippen molar-refractivity contribution >= 4 is 27.5 Å². The lowest BCUT2D eigenvalue weighted by Gasteiger charge is -2.14. The summed E-state index contributed by atoms with van der Waals surface area (Å²) in [5.74, 6) is 1.43. The van der Waals surface area contributed by atoms with Crippen molar-refractivity contribution in [3.63, 3.8) is 0 Å². The molecule has 0 fully saturated rings. The van der Waals surface area contributed by atoms with E-state index < -0.39 is 0 Å². The Morgan fingerprint density at radius 3 is 2.67 bits per heavy atom. The monoisotopic (exact) mass is 325 g/mol. The molecule has 0 saturated carbocycles. The molecular formula is C14H13BrClNO. The number of halogens is 2. The third-order valence-corrected chi connectivity index (χ3v) is 3.22. The Bertz CT molecular complexity index is 557. The second kappa shape index (κ2) is 5.74. The third-order valence-electron chi connectivity index (χ3n) is 2.49. The van der Waals surface area contributed by atoms with E-state index in [-0.39, 0.29) is 6.04 Å². The van der Waals surface area contributed by atoms with Crippen LogP contribution in [0.4, 0.5) is 0 Å². The topological polar surface area (TPSA) is 35.2 Å². The normalized spacial score (nSPS) is 12.2. The van der Waals surface area contributed by atoms with Crippen LogP contribution in [-0.2, 0) is 0 Å². The first-order valence-corrected chi connectivity index (χ1v) is 6.72. The molecule has 94 valence electrons. The highest BCUT2D eigenvalue weighted by molar-refractivity contribution is 9.10. The Labute approximate surface area is 120 Å². The fourth-order valence-electron chi connectivity index (χ4n) is 1.63. The molecular weight excluding hydrogens is 314 g/mol. The molecule has 0 amide bonds. The van der Waals surface area contributed by atoms with E-state index in [2.05, 4.69) is 15.9 Å². The molecule has 4 heteroatoms. The van der Waals surface area contributed by atoms with Gasteiger partial charge in [-0.05, 0) is 37.3 Å². The van der Waals surface area contributed by atoms with Crippen LogP contribution in [-0.4, -0.2) is 0 Å². The molecule has 0 saturated heterocycles. The second-order valence-electron chi connectivity index (χ2n) is 4.03. The summed E-state index contributed by atoms with van der Waals surface area (Å²) in [6, 6.07) is 13.0. The van der Waals surface area contributed by atoms with Crippen LogP contribution in [0.25, 0.3) is 0 Å². The van der Waals surface area contributed by atoms with Gasteiger partial charge in [-0.1, -0.05) is 39.7 Å². The molecule has 0 spiro atoms. The van der Waals surface area contributed by atoms with Gasteiger partial charge in [0.25, 0.3) is 0 Å². The van der Waals surface area contributed by atoms with E-state index in [4.69, 9.17) is 22.1 Å². The Kier molecular flexibility index (Phi) is 4.27. The van der Waals surface area contributed by atoms with Gasteiger partial charge in [0, 0.05) is 21.1 Å². The van der Waals surface area contributed by atoms with Crippen molar-refractivity contribution in [2.24, 2.45) is 5.73 Å². The van der Waals surface area contributed by atoms with Crippen LogP contribution in [0.1, 0.15) is 18.5 Å². The van der Waals surface area contributed by atoms with Gasteiger partial charge in [-0.2, -0.15) is 0 Å². The number of hydrogen-bond acceptors (Lipinski definition) is 2.